The average molecular weight is 390 g/mol. The molecule has 28 heavy (non-hydrogen) atoms. The van der Waals surface area contributed by atoms with Crippen LogP contribution in [-0.2, 0) is 4.79 Å². The average Bonchev–Trinajstić information content (AvgIpc) is 2.70. The van der Waals surface area contributed by atoms with Crippen LogP contribution in [-0.4, -0.2) is 55.5 Å². The molecule has 0 aliphatic carbocycles. The molecule has 0 bridgehead atoms. The molecule has 1 saturated heterocycles. The molecule has 2 N–H and O–H groups in total. The van der Waals surface area contributed by atoms with Crippen LogP contribution in [0.15, 0.2) is 24.3 Å². The SMILES string of the molecule is CCOc1ccccc1C(=O)NC(C(=O)NCCCN1CCCCC1)C(C)C. The number of carbonyl (C=O) groups excluding carboxylic acids is 2. The number of para-hydroxylation sites is 1. The number of benzene rings is 1. The topological polar surface area (TPSA) is 70.7 Å². The molecule has 6 nitrogen and oxygen atoms in total. The van der Waals surface area contributed by atoms with Gasteiger partial charge in [0, 0.05) is 6.54 Å². The van der Waals surface area contributed by atoms with Gasteiger partial charge in [0.05, 0.1) is 12.2 Å². The first-order chi connectivity index (χ1) is 13.5. The summed E-state index contributed by atoms with van der Waals surface area (Å²) in [6.45, 7) is 10.2. The third-order valence-electron chi connectivity index (χ3n) is 5.07. The molecule has 1 heterocycles. The van der Waals surface area contributed by atoms with E-state index < -0.39 is 6.04 Å². The highest BCUT2D eigenvalue weighted by atomic mass is 16.5. The largest absolute Gasteiger partial charge is 0.493 e. The third-order valence-corrected chi connectivity index (χ3v) is 5.07. The molecule has 1 aliphatic heterocycles. The van der Waals surface area contributed by atoms with E-state index in [0.717, 1.165) is 26.1 Å². The molecule has 156 valence electrons. The van der Waals surface area contributed by atoms with Crippen molar-refractivity contribution in [1.29, 1.82) is 0 Å². The Hall–Kier alpha value is -2.08. The Labute approximate surface area is 169 Å². The highest BCUT2D eigenvalue weighted by Crippen LogP contribution is 2.18. The molecule has 1 aromatic rings. The molecule has 2 rings (SSSR count). The van der Waals surface area contributed by atoms with E-state index in [2.05, 4.69) is 15.5 Å². The molecule has 0 radical (unpaired) electrons. The fourth-order valence-electron chi connectivity index (χ4n) is 3.50. The molecule has 1 fully saturated rings. The van der Waals surface area contributed by atoms with Gasteiger partial charge in [-0.2, -0.15) is 0 Å². The van der Waals surface area contributed by atoms with E-state index in [4.69, 9.17) is 4.74 Å². The van der Waals surface area contributed by atoms with E-state index in [1.807, 2.05) is 26.8 Å². The summed E-state index contributed by atoms with van der Waals surface area (Å²) in [5, 5.41) is 5.87. The van der Waals surface area contributed by atoms with Crippen LogP contribution in [0, 0.1) is 5.92 Å². The third kappa shape index (κ3) is 6.82. The Balaban J connectivity index is 1.86. The number of hydrogen-bond donors (Lipinski definition) is 2. The first kappa shape index (κ1) is 22.2. The minimum Gasteiger partial charge on any atom is -0.493 e. The monoisotopic (exact) mass is 389 g/mol. The lowest BCUT2D eigenvalue weighted by Crippen LogP contribution is -2.50. The van der Waals surface area contributed by atoms with Gasteiger partial charge in [0.1, 0.15) is 11.8 Å². The predicted molar refractivity (Wildman–Crippen MR) is 112 cm³/mol. The molecule has 1 aliphatic rings. The van der Waals surface area contributed by atoms with Crippen LogP contribution in [0.5, 0.6) is 5.75 Å². The van der Waals surface area contributed by atoms with Crippen molar-refractivity contribution in [2.45, 2.75) is 52.5 Å². The summed E-state index contributed by atoms with van der Waals surface area (Å²) in [5.74, 6) is 0.111. The second-order valence-electron chi connectivity index (χ2n) is 7.67. The van der Waals surface area contributed by atoms with Gasteiger partial charge in [-0.3, -0.25) is 9.59 Å². The number of carbonyl (C=O) groups is 2. The molecule has 0 aromatic heterocycles. The quantitative estimate of drug-likeness (QED) is 0.604. The van der Waals surface area contributed by atoms with Crippen molar-refractivity contribution in [1.82, 2.24) is 15.5 Å². The van der Waals surface area contributed by atoms with E-state index >= 15 is 0 Å². The lowest BCUT2D eigenvalue weighted by molar-refractivity contribution is -0.123. The summed E-state index contributed by atoms with van der Waals surface area (Å²) in [6.07, 6.45) is 4.81. The zero-order chi connectivity index (χ0) is 20.4. The first-order valence-electron chi connectivity index (χ1n) is 10.6. The van der Waals surface area contributed by atoms with Crippen LogP contribution in [0.3, 0.4) is 0 Å². The van der Waals surface area contributed by atoms with Gasteiger partial charge in [0.25, 0.3) is 5.91 Å². The molecule has 0 spiro atoms. The number of rotatable bonds is 10. The minimum atomic E-state index is -0.572. The van der Waals surface area contributed by atoms with Crippen molar-refractivity contribution < 1.29 is 14.3 Å². The Morgan fingerprint density at radius 1 is 1.14 bits per heavy atom. The smallest absolute Gasteiger partial charge is 0.255 e. The number of ether oxygens (including phenoxy) is 1. The van der Waals surface area contributed by atoms with Gasteiger partial charge in [0.15, 0.2) is 0 Å². The first-order valence-corrected chi connectivity index (χ1v) is 10.6. The molecular weight excluding hydrogens is 354 g/mol. The summed E-state index contributed by atoms with van der Waals surface area (Å²) < 4.78 is 5.53. The van der Waals surface area contributed by atoms with E-state index in [9.17, 15) is 9.59 Å². The van der Waals surface area contributed by atoms with Gasteiger partial charge in [-0.25, -0.2) is 0 Å². The summed E-state index contributed by atoms with van der Waals surface area (Å²) in [4.78, 5) is 27.8. The van der Waals surface area contributed by atoms with Crippen LogP contribution < -0.4 is 15.4 Å². The fourth-order valence-corrected chi connectivity index (χ4v) is 3.50. The maximum absolute atomic E-state index is 12.7. The Kier molecular flexibility index (Phi) is 9.28. The lowest BCUT2D eigenvalue weighted by Gasteiger charge is -2.26. The second kappa shape index (κ2) is 11.7. The summed E-state index contributed by atoms with van der Waals surface area (Å²) in [7, 11) is 0. The maximum Gasteiger partial charge on any atom is 0.255 e. The summed E-state index contributed by atoms with van der Waals surface area (Å²) in [6, 6.07) is 6.54. The molecule has 2 amide bonds. The molecular formula is C22H35N3O3. The predicted octanol–water partition coefficient (Wildman–Crippen LogP) is 2.83. The number of hydrogen-bond acceptors (Lipinski definition) is 4. The lowest BCUT2D eigenvalue weighted by atomic mass is 10.0. The normalized spacial score (nSPS) is 15.9. The van der Waals surface area contributed by atoms with Gasteiger partial charge < -0.3 is 20.3 Å². The van der Waals surface area contributed by atoms with Gasteiger partial charge in [-0.15, -0.1) is 0 Å². The molecule has 6 heteroatoms. The van der Waals surface area contributed by atoms with E-state index in [1.54, 1.807) is 18.2 Å². The van der Waals surface area contributed by atoms with E-state index in [-0.39, 0.29) is 17.7 Å². The molecule has 1 aromatic carbocycles. The van der Waals surface area contributed by atoms with E-state index in [0.29, 0.717) is 24.5 Å². The van der Waals surface area contributed by atoms with Crippen LogP contribution in [0.2, 0.25) is 0 Å². The fraction of sp³-hybridized carbons (Fsp3) is 0.636. The molecule has 0 saturated carbocycles. The Bertz CT molecular complexity index is 627. The van der Waals surface area contributed by atoms with Gasteiger partial charge >= 0.3 is 0 Å². The number of amides is 2. The van der Waals surface area contributed by atoms with E-state index in [1.165, 1.54) is 19.3 Å². The maximum atomic E-state index is 12.7. The number of nitrogens with one attached hydrogen (secondary N) is 2. The van der Waals surface area contributed by atoms with Crippen molar-refractivity contribution in [3.63, 3.8) is 0 Å². The van der Waals surface area contributed by atoms with Crippen LogP contribution in [0.1, 0.15) is 56.8 Å². The van der Waals surface area contributed by atoms with Crippen molar-refractivity contribution in [2.75, 3.05) is 32.8 Å². The molecule has 1 unspecified atom stereocenters. The number of likely N-dealkylation sites (tertiary alicyclic amines) is 1. The van der Waals surface area contributed by atoms with Crippen LogP contribution >= 0.6 is 0 Å². The van der Waals surface area contributed by atoms with Crippen LogP contribution in [0.4, 0.5) is 0 Å². The summed E-state index contributed by atoms with van der Waals surface area (Å²) >= 11 is 0. The van der Waals surface area contributed by atoms with Crippen molar-refractivity contribution in [3.8, 4) is 5.75 Å². The number of piperidine rings is 1. The highest BCUT2D eigenvalue weighted by molar-refractivity contribution is 5.99. The van der Waals surface area contributed by atoms with Gasteiger partial charge in [-0.05, 0) is 63.9 Å². The van der Waals surface area contributed by atoms with Crippen LogP contribution in [0.25, 0.3) is 0 Å². The highest BCUT2D eigenvalue weighted by Gasteiger charge is 2.25. The van der Waals surface area contributed by atoms with Crippen molar-refractivity contribution in [3.05, 3.63) is 29.8 Å². The Morgan fingerprint density at radius 2 is 1.86 bits per heavy atom. The van der Waals surface area contributed by atoms with Crippen molar-refractivity contribution >= 4 is 11.8 Å². The zero-order valence-corrected chi connectivity index (χ0v) is 17.5. The minimum absolute atomic E-state index is 0.00898. The second-order valence-corrected chi connectivity index (χ2v) is 7.67. The summed E-state index contributed by atoms with van der Waals surface area (Å²) in [5.41, 5.74) is 0.452. The van der Waals surface area contributed by atoms with Gasteiger partial charge in [-0.1, -0.05) is 32.4 Å². The standard InChI is InChI=1S/C22H35N3O3/c1-4-28-19-12-7-6-11-18(19)21(26)24-20(17(2)3)22(27)23-13-10-16-25-14-8-5-9-15-25/h6-7,11-12,17,20H,4-5,8-10,13-16H2,1-3H3,(H,23,27)(H,24,26). The number of nitrogens with zero attached hydrogens (tertiary/aromatic N) is 1. The van der Waals surface area contributed by atoms with Crippen molar-refractivity contribution in [2.24, 2.45) is 5.92 Å². The Morgan fingerprint density at radius 3 is 2.54 bits per heavy atom. The zero-order valence-electron chi connectivity index (χ0n) is 17.5. The van der Waals surface area contributed by atoms with Gasteiger partial charge in [0.2, 0.25) is 5.91 Å². The molecule has 1 atom stereocenters.